The maximum absolute atomic E-state index is 14.1. The van der Waals surface area contributed by atoms with E-state index >= 15 is 0 Å². The van der Waals surface area contributed by atoms with Crippen molar-refractivity contribution >= 4 is 17.5 Å². The molecule has 0 radical (unpaired) electrons. The Bertz CT molecular complexity index is 1600. The first kappa shape index (κ1) is 29.9. The van der Waals surface area contributed by atoms with Crippen molar-refractivity contribution in [1.82, 2.24) is 5.32 Å². The third kappa shape index (κ3) is 5.07. The molecule has 2 bridgehead atoms. The van der Waals surface area contributed by atoms with Gasteiger partial charge in [-0.05, 0) is 42.7 Å². The van der Waals surface area contributed by atoms with Gasteiger partial charge in [-0.25, -0.2) is 13.2 Å². The van der Waals surface area contributed by atoms with Crippen LogP contribution in [0.5, 0.6) is 5.75 Å². The minimum Gasteiger partial charge on any atom is -0.496 e. The van der Waals surface area contributed by atoms with Crippen molar-refractivity contribution in [3.63, 3.8) is 0 Å². The fraction of sp³-hybridized carbons (Fsp3) is 0.355. The molecule has 2 saturated carbocycles. The number of hydrogen-bond donors (Lipinski definition) is 2. The Morgan fingerprint density at radius 2 is 1.64 bits per heavy atom. The van der Waals surface area contributed by atoms with E-state index < -0.39 is 76.7 Å². The van der Waals surface area contributed by atoms with E-state index in [1.54, 1.807) is 0 Å². The summed E-state index contributed by atoms with van der Waals surface area (Å²) in [6.45, 7) is 0.149. The maximum Gasteiger partial charge on any atom is 0.419 e. The number of amides is 2. The second-order valence-corrected chi connectivity index (χ2v) is 11.0. The Kier molecular flexibility index (Phi) is 7.57. The third-order valence-corrected chi connectivity index (χ3v) is 8.66. The number of hydrogen-bond acceptors (Lipinski definition) is 5. The van der Waals surface area contributed by atoms with E-state index in [4.69, 9.17) is 14.2 Å². The fourth-order valence-electron chi connectivity index (χ4n) is 6.80. The standard InChI is InChI=1S/C31H26F6N2O5/c1-42-24-13-23(34)22(33)12-17(24)28(40)39-27-19-9-8-18(30(19)43-14-25(44-30)15-5-3-2-4-6-15)26(27)29(41)38-16-7-10-21(32)20(11-16)31(35,36)37/h2-7,10-13,18-19,25-27H,8-9,14H2,1H3,(H,38,41)(H,39,40)/t18?,19?,25-,26+,27-,30?/m1/s1. The zero-order valence-electron chi connectivity index (χ0n) is 23.1. The van der Waals surface area contributed by atoms with Gasteiger partial charge in [-0.1, -0.05) is 30.3 Å². The Hall–Kier alpha value is -4.10. The summed E-state index contributed by atoms with van der Waals surface area (Å²) in [5.41, 5.74) is -1.35. The van der Waals surface area contributed by atoms with Crippen LogP contribution in [0.1, 0.15) is 40.4 Å². The van der Waals surface area contributed by atoms with Gasteiger partial charge >= 0.3 is 6.18 Å². The van der Waals surface area contributed by atoms with Crippen molar-refractivity contribution in [2.75, 3.05) is 19.0 Å². The maximum atomic E-state index is 14.1. The smallest absolute Gasteiger partial charge is 0.419 e. The van der Waals surface area contributed by atoms with Crippen LogP contribution < -0.4 is 15.4 Å². The van der Waals surface area contributed by atoms with Crippen molar-refractivity contribution in [3.8, 4) is 5.75 Å². The van der Waals surface area contributed by atoms with Gasteiger partial charge in [0.15, 0.2) is 17.4 Å². The van der Waals surface area contributed by atoms with E-state index in [2.05, 4.69) is 10.6 Å². The normalized spacial score (nSPS) is 27.5. The average molecular weight is 621 g/mol. The van der Waals surface area contributed by atoms with Gasteiger partial charge in [0.05, 0.1) is 30.8 Å². The van der Waals surface area contributed by atoms with Gasteiger partial charge in [0.2, 0.25) is 5.91 Å². The molecule has 3 unspecified atom stereocenters. The van der Waals surface area contributed by atoms with Crippen LogP contribution in [0.4, 0.5) is 32.0 Å². The van der Waals surface area contributed by atoms with E-state index in [1.807, 2.05) is 30.3 Å². The molecule has 6 rings (SSSR count). The van der Waals surface area contributed by atoms with Crippen molar-refractivity contribution in [3.05, 3.63) is 94.8 Å². The lowest BCUT2D eigenvalue weighted by molar-refractivity contribution is -0.203. The topological polar surface area (TPSA) is 85.9 Å². The largest absolute Gasteiger partial charge is 0.496 e. The molecule has 7 nitrogen and oxygen atoms in total. The molecule has 44 heavy (non-hydrogen) atoms. The molecule has 3 aromatic rings. The van der Waals surface area contributed by atoms with E-state index in [0.717, 1.165) is 17.7 Å². The number of carbonyl (C=O) groups excluding carboxylic acids is 2. The molecule has 2 N–H and O–H groups in total. The number of rotatable bonds is 6. The Labute approximate surface area is 247 Å². The molecule has 1 saturated heterocycles. The minimum absolute atomic E-state index is 0.149. The summed E-state index contributed by atoms with van der Waals surface area (Å²) in [6, 6.07) is 11.7. The van der Waals surface area contributed by atoms with Gasteiger partial charge in [0, 0.05) is 29.6 Å². The molecule has 2 aliphatic carbocycles. The van der Waals surface area contributed by atoms with Crippen molar-refractivity contribution in [1.29, 1.82) is 0 Å². The number of ether oxygens (including phenoxy) is 3. The molecule has 3 aromatic carbocycles. The molecule has 1 aliphatic heterocycles. The summed E-state index contributed by atoms with van der Waals surface area (Å²) >= 11 is 0. The monoisotopic (exact) mass is 620 g/mol. The second kappa shape index (κ2) is 11.1. The van der Waals surface area contributed by atoms with E-state index in [1.165, 1.54) is 7.11 Å². The lowest BCUT2D eigenvalue weighted by Crippen LogP contribution is -2.48. The molecule has 13 heteroatoms. The number of anilines is 1. The summed E-state index contributed by atoms with van der Waals surface area (Å²) in [4.78, 5) is 27.3. The molecular formula is C31H26F6N2O5. The van der Waals surface area contributed by atoms with Crippen LogP contribution >= 0.6 is 0 Å². The summed E-state index contributed by atoms with van der Waals surface area (Å²) in [6.07, 6.45) is -4.60. The predicted molar refractivity (Wildman–Crippen MR) is 143 cm³/mol. The Morgan fingerprint density at radius 1 is 0.932 bits per heavy atom. The van der Waals surface area contributed by atoms with Crippen LogP contribution in [0.25, 0.3) is 0 Å². The first-order chi connectivity index (χ1) is 20.9. The van der Waals surface area contributed by atoms with Crippen molar-refractivity contribution in [2.24, 2.45) is 17.8 Å². The molecule has 0 aromatic heterocycles. The summed E-state index contributed by atoms with van der Waals surface area (Å²) in [7, 11) is 1.17. The molecule has 2 amide bonds. The Morgan fingerprint density at radius 3 is 2.34 bits per heavy atom. The highest BCUT2D eigenvalue weighted by Crippen LogP contribution is 2.61. The highest BCUT2D eigenvalue weighted by Gasteiger charge is 2.70. The highest BCUT2D eigenvalue weighted by molar-refractivity contribution is 5.99. The van der Waals surface area contributed by atoms with E-state index in [9.17, 15) is 35.9 Å². The van der Waals surface area contributed by atoms with Crippen LogP contribution in [0.3, 0.4) is 0 Å². The van der Waals surface area contributed by atoms with E-state index in [-0.39, 0.29) is 23.6 Å². The molecular weight excluding hydrogens is 594 g/mol. The van der Waals surface area contributed by atoms with Gasteiger partial charge in [0.1, 0.15) is 17.7 Å². The van der Waals surface area contributed by atoms with E-state index in [0.29, 0.717) is 31.0 Å². The summed E-state index contributed by atoms with van der Waals surface area (Å²) in [5, 5.41) is 5.18. The van der Waals surface area contributed by atoms with Crippen LogP contribution in [0.15, 0.2) is 60.7 Å². The van der Waals surface area contributed by atoms with Gasteiger partial charge in [-0.15, -0.1) is 0 Å². The summed E-state index contributed by atoms with van der Waals surface area (Å²) < 4.78 is 99.8. The molecule has 1 heterocycles. The molecule has 3 fully saturated rings. The molecule has 1 spiro atoms. The number of halogens is 6. The van der Waals surface area contributed by atoms with Gasteiger partial charge < -0.3 is 24.8 Å². The first-order valence-corrected chi connectivity index (χ1v) is 13.8. The zero-order valence-corrected chi connectivity index (χ0v) is 23.1. The predicted octanol–water partition coefficient (Wildman–Crippen LogP) is 6.01. The lowest BCUT2D eigenvalue weighted by atomic mass is 9.83. The molecule has 3 aliphatic rings. The number of methoxy groups -OCH3 is 1. The summed E-state index contributed by atoms with van der Waals surface area (Å²) in [5.74, 6) is -9.52. The Balaban J connectivity index is 1.34. The van der Waals surface area contributed by atoms with Crippen LogP contribution in [-0.4, -0.2) is 37.4 Å². The van der Waals surface area contributed by atoms with Crippen molar-refractivity contribution in [2.45, 2.75) is 37.0 Å². The fourth-order valence-corrected chi connectivity index (χ4v) is 6.80. The van der Waals surface area contributed by atoms with Crippen LogP contribution in [0, 0.1) is 35.2 Å². The number of benzene rings is 3. The number of nitrogens with one attached hydrogen (secondary N) is 2. The number of carbonyl (C=O) groups is 2. The highest BCUT2D eigenvalue weighted by atomic mass is 19.4. The van der Waals surface area contributed by atoms with Crippen LogP contribution in [0.2, 0.25) is 0 Å². The van der Waals surface area contributed by atoms with Gasteiger partial charge in [-0.2, -0.15) is 13.2 Å². The second-order valence-electron chi connectivity index (χ2n) is 11.0. The lowest BCUT2D eigenvalue weighted by Gasteiger charge is -2.30. The minimum atomic E-state index is -5.00. The zero-order chi connectivity index (χ0) is 31.4. The molecule has 232 valence electrons. The quantitative estimate of drug-likeness (QED) is 0.330. The first-order valence-electron chi connectivity index (χ1n) is 13.8. The van der Waals surface area contributed by atoms with Crippen LogP contribution in [-0.2, 0) is 20.4 Å². The number of alkyl halides is 3. The SMILES string of the molecule is COc1cc(F)c(F)cc1C(=O)N[C@@H]1C2CCC([C@@H]1C(=O)Nc1ccc(F)c(C(F)(F)F)c1)C21OC[C@H](c2ccccc2)O1. The third-order valence-electron chi connectivity index (χ3n) is 8.66. The van der Waals surface area contributed by atoms with Gasteiger partial charge in [0.25, 0.3) is 5.91 Å². The molecule has 6 atom stereocenters. The average Bonchev–Trinajstić information content (AvgIpc) is 3.66. The van der Waals surface area contributed by atoms with Gasteiger partial charge in [-0.3, -0.25) is 9.59 Å². The van der Waals surface area contributed by atoms with Crippen molar-refractivity contribution < 1.29 is 50.1 Å².